The quantitative estimate of drug-likeness (QED) is 0.372. The molecule has 0 aliphatic heterocycles. The van der Waals surface area contributed by atoms with E-state index in [-0.39, 0.29) is 17.9 Å². The lowest BCUT2D eigenvalue weighted by Crippen LogP contribution is -2.22. The molecule has 1 aromatic rings. The second-order valence-corrected chi connectivity index (χ2v) is 5.03. The Hall–Kier alpha value is -1.07. The van der Waals surface area contributed by atoms with Crippen molar-refractivity contribution in [2.24, 2.45) is 5.73 Å². The molecule has 6 N–H and O–H groups in total. The van der Waals surface area contributed by atoms with Gasteiger partial charge in [0.25, 0.3) is 0 Å². The van der Waals surface area contributed by atoms with E-state index in [4.69, 9.17) is 25.7 Å². The smallest absolute Gasteiger partial charge is 0.342 e. The Labute approximate surface area is 86.1 Å². The predicted octanol–water partition coefficient (Wildman–Crippen LogP) is 0.103. The number of hydrogen-bond donors (Lipinski definition) is 5. The van der Waals surface area contributed by atoms with Crippen LogP contribution in [0.5, 0.6) is 11.5 Å². The summed E-state index contributed by atoms with van der Waals surface area (Å²) in [5.74, 6) is -1.93. The van der Waals surface area contributed by atoms with Gasteiger partial charge in [-0.15, -0.1) is 0 Å². The van der Waals surface area contributed by atoms with Crippen LogP contribution in [-0.2, 0) is 11.0 Å². The Morgan fingerprint density at radius 1 is 1.27 bits per heavy atom. The van der Waals surface area contributed by atoms with E-state index >= 15 is 0 Å². The third-order valence-corrected chi connectivity index (χ3v) is 2.96. The minimum absolute atomic E-state index is 0.0713. The van der Waals surface area contributed by atoms with Crippen molar-refractivity contribution < 1.29 is 24.6 Å². The van der Waals surface area contributed by atoms with Crippen molar-refractivity contribution in [3.05, 3.63) is 23.8 Å². The molecular formula is C8H12NO5P. The average Bonchev–Trinajstić information content (AvgIpc) is 2.10. The van der Waals surface area contributed by atoms with Crippen molar-refractivity contribution in [1.82, 2.24) is 0 Å². The highest BCUT2D eigenvalue weighted by molar-refractivity contribution is 7.52. The van der Waals surface area contributed by atoms with Gasteiger partial charge in [-0.1, -0.05) is 6.07 Å². The van der Waals surface area contributed by atoms with Crippen LogP contribution in [0.4, 0.5) is 0 Å². The molecule has 0 saturated heterocycles. The van der Waals surface area contributed by atoms with Crippen LogP contribution in [0.15, 0.2) is 18.2 Å². The summed E-state index contributed by atoms with van der Waals surface area (Å²) in [4.78, 5) is 17.5. The summed E-state index contributed by atoms with van der Waals surface area (Å²) < 4.78 is 10.7. The zero-order valence-electron chi connectivity index (χ0n) is 7.74. The van der Waals surface area contributed by atoms with E-state index in [0.29, 0.717) is 5.56 Å². The summed E-state index contributed by atoms with van der Waals surface area (Å²) in [5, 5.41) is 18.1. The molecule has 1 rings (SSSR count). The fourth-order valence-electron chi connectivity index (χ4n) is 1.06. The summed E-state index contributed by atoms with van der Waals surface area (Å²) in [7, 11) is -4.32. The van der Waals surface area contributed by atoms with Crippen molar-refractivity contribution in [1.29, 1.82) is 0 Å². The first-order chi connectivity index (χ1) is 6.80. The Bertz CT molecular complexity index is 402. The molecule has 0 spiro atoms. The van der Waals surface area contributed by atoms with Gasteiger partial charge in [0.1, 0.15) is 5.78 Å². The van der Waals surface area contributed by atoms with Crippen LogP contribution in [0.3, 0.4) is 0 Å². The number of phenolic OH excluding ortho intramolecular Hbond substituents is 2. The first kappa shape index (κ1) is 12.0. The molecule has 0 radical (unpaired) electrons. The molecule has 1 aromatic carbocycles. The molecule has 0 unspecified atom stereocenters. The molecular weight excluding hydrogens is 221 g/mol. The molecule has 0 saturated carbocycles. The summed E-state index contributed by atoms with van der Waals surface area (Å²) in [6, 6.07) is 3.88. The fourth-order valence-corrected chi connectivity index (χ4v) is 1.51. The fraction of sp³-hybridized carbons (Fsp3) is 0.250. The molecule has 0 bridgehead atoms. The highest BCUT2D eigenvalue weighted by Gasteiger charge is 2.24. The molecule has 0 heterocycles. The number of benzene rings is 1. The lowest BCUT2D eigenvalue weighted by molar-refractivity contribution is 0.357. The van der Waals surface area contributed by atoms with E-state index in [9.17, 15) is 4.57 Å². The van der Waals surface area contributed by atoms with Gasteiger partial charge in [-0.3, -0.25) is 4.57 Å². The molecule has 0 aliphatic rings. The summed E-state index contributed by atoms with van der Waals surface area (Å²) in [5.41, 5.74) is 5.71. The predicted molar refractivity (Wildman–Crippen MR) is 53.5 cm³/mol. The van der Waals surface area contributed by atoms with Crippen LogP contribution in [-0.4, -0.2) is 25.8 Å². The molecule has 1 atom stereocenters. The summed E-state index contributed by atoms with van der Waals surface area (Å²) >= 11 is 0. The minimum Gasteiger partial charge on any atom is -0.504 e. The van der Waals surface area contributed by atoms with Gasteiger partial charge < -0.3 is 25.7 Å². The van der Waals surface area contributed by atoms with Crippen LogP contribution in [0, 0.1) is 0 Å². The van der Waals surface area contributed by atoms with Crippen molar-refractivity contribution in [3.63, 3.8) is 0 Å². The maximum Gasteiger partial charge on any atom is 0.342 e. The topological polar surface area (TPSA) is 124 Å². The zero-order valence-corrected chi connectivity index (χ0v) is 8.63. The second-order valence-electron chi connectivity index (χ2n) is 3.18. The Morgan fingerprint density at radius 3 is 2.33 bits per heavy atom. The van der Waals surface area contributed by atoms with E-state index in [0.717, 1.165) is 0 Å². The standard InChI is InChI=1S/C8H12NO5P/c9-8(15(12,13)14)4-5-1-2-6(10)7(11)3-5/h1-3,8,10-11H,4,9H2,(H2,12,13,14)/t8-/m1/s1. The van der Waals surface area contributed by atoms with Crippen molar-refractivity contribution in [2.75, 3.05) is 0 Å². The Kier molecular flexibility index (Phi) is 3.36. The van der Waals surface area contributed by atoms with Crippen LogP contribution >= 0.6 is 7.60 Å². The molecule has 84 valence electrons. The number of nitrogens with two attached hydrogens (primary N) is 1. The maximum absolute atomic E-state index is 10.7. The molecule has 0 fully saturated rings. The van der Waals surface area contributed by atoms with Crippen molar-refractivity contribution >= 4 is 7.60 Å². The summed E-state index contributed by atoms with van der Waals surface area (Å²) in [6.07, 6.45) is -0.0713. The van der Waals surface area contributed by atoms with Gasteiger partial charge in [-0.25, -0.2) is 0 Å². The van der Waals surface area contributed by atoms with Crippen LogP contribution < -0.4 is 5.73 Å². The Balaban J connectivity index is 2.82. The average molecular weight is 233 g/mol. The van der Waals surface area contributed by atoms with Crippen molar-refractivity contribution in [3.8, 4) is 11.5 Å². The van der Waals surface area contributed by atoms with E-state index in [1.54, 1.807) is 0 Å². The van der Waals surface area contributed by atoms with Gasteiger partial charge in [0, 0.05) is 0 Å². The molecule has 7 heteroatoms. The van der Waals surface area contributed by atoms with E-state index < -0.39 is 13.4 Å². The lowest BCUT2D eigenvalue weighted by atomic mass is 10.1. The zero-order chi connectivity index (χ0) is 11.6. The highest BCUT2D eigenvalue weighted by atomic mass is 31.2. The molecule has 0 aromatic heterocycles. The minimum atomic E-state index is -4.32. The second kappa shape index (κ2) is 4.20. The number of aromatic hydroxyl groups is 2. The Morgan fingerprint density at radius 2 is 1.87 bits per heavy atom. The van der Waals surface area contributed by atoms with Gasteiger partial charge >= 0.3 is 7.60 Å². The molecule has 0 amide bonds. The number of rotatable bonds is 3. The number of phenols is 2. The van der Waals surface area contributed by atoms with Gasteiger partial charge in [0.2, 0.25) is 0 Å². The van der Waals surface area contributed by atoms with Gasteiger partial charge in [-0.2, -0.15) is 0 Å². The van der Waals surface area contributed by atoms with Crippen LogP contribution in [0.1, 0.15) is 5.56 Å². The van der Waals surface area contributed by atoms with Crippen LogP contribution in [0.2, 0.25) is 0 Å². The summed E-state index contributed by atoms with van der Waals surface area (Å²) in [6.45, 7) is 0. The molecule has 15 heavy (non-hydrogen) atoms. The lowest BCUT2D eigenvalue weighted by Gasteiger charge is -2.13. The van der Waals surface area contributed by atoms with Gasteiger partial charge in [0.05, 0.1) is 0 Å². The normalized spacial score (nSPS) is 13.8. The van der Waals surface area contributed by atoms with Gasteiger partial charge in [0.15, 0.2) is 11.5 Å². The molecule has 6 nitrogen and oxygen atoms in total. The largest absolute Gasteiger partial charge is 0.504 e. The van der Waals surface area contributed by atoms with E-state index in [1.807, 2.05) is 0 Å². The highest BCUT2D eigenvalue weighted by Crippen LogP contribution is 2.40. The van der Waals surface area contributed by atoms with Crippen molar-refractivity contribution in [2.45, 2.75) is 12.2 Å². The third kappa shape index (κ3) is 3.21. The molecule has 0 aliphatic carbocycles. The third-order valence-electron chi connectivity index (χ3n) is 1.92. The SMILES string of the molecule is N[C@@H](Cc1ccc(O)c(O)c1)P(=O)(O)O. The monoisotopic (exact) mass is 233 g/mol. The van der Waals surface area contributed by atoms with Crippen LogP contribution in [0.25, 0.3) is 0 Å². The first-order valence-electron chi connectivity index (χ1n) is 4.12. The maximum atomic E-state index is 10.7. The first-order valence-corrected chi connectivity index (χ1v) is 5.80. The van der Waals surface area contributed by atoms with Gasteiger partial charge in [-0.05, 0) is 24.1 Å². The van der Waals surface area contributed by atoms with E-state index in [1.165, 1.54) is 18.2 Å². The number of hydrogen-bond acceptors (Lipinski definition) is 4. The van der Waals surface area contributed by atoms with E-state index in [2.05, 4.69) is 0 Å².